The van der Waals surface area contributed by atoms with Gasteiger partial charge in [-0.2, -0.15) is 0 Å². The molecule has 0 N–H and O–H groups in total. The van der Waals surface area contributed by atoms with E-state index >= 15 is 0 Å². The monoisotopic (exact) mass is 786 g/mol. The molecule has 0 saturated heterocycles. The number of benzene rings is 7. The number of hydrogen-bond acceptors (Lipinski definition) is 6. The van der Waals surface area contributed by atoms with Crippen molar-refractivity contribution in [3.05, 3.63) is 194 Å². The second-order valence-electron chi connectivity index (χ2n) is 16.5. The average Bonchev–Trinajstić information content (AvgIpc) is 3.98. The van der Waals surface area contributed by atoms with Gasteiger partial charge in [0, 0.05) is 33.4 Å². The minimum Gasteiger partial charge on any atom is -0.208 e. The molecular weight excluding hydrogens is 745 g/mol. The summed E-state index contributed by atoms with van der Waals surface area (Å²) in [6, 6.07) is 64.9. The first-order valence-electron chi connectivity index (χ1n) is 21.2. The van der Waals surface area contributed by atoms with Crippen LogP contribution in [0.25, 0.3) is 90.6 Å². The fourth-order valence-electron chi connectivity index (χ4n) is 9.42. The van der Waals surface area contributed by atoms with Gasteiger partial charge in [0.15, 0.2) is 34.9 Å². The fraction of sp³-hybridized carbons (Fsp3) is 0.127. The maximum absolute atomic E-state index is 5.13. The van der Waals surface area contributed by atoms with Crippen LogP contribution in [0.5, 0.6) is 0 Å². The molecule has 6 heteroatoms. The molecule has 11 rings (SSSR count). The lowest BCUT2D eigenvalue weighted by Gasteiger charge is -2.27. The van der Waals surface area contributed by atoms with E-state index in [2.05, 4.69) is 133 Å². The van der Waals surface area contributed by atoms with Crippen LogP contribution in [0.3, 0.4) is 0 Å². The standard InChI is InChI=1S/C55H42N6/c1-4-13-38(14-5-1)42-19-10-22-45(33-42)53-58-50(40-17-8-3-9-18-40)59-54(61-53)47-24-12-21-44(35-47)43-20-11-23-46(34-43)52-57-49(39-15-6-2-7-16-39)56-51(60-52)41-25-27-48(28-26-41)55-31-29-37(36-55)30-32-55/h1-28,33-35,37H,29-32,36H2. The molecule has 2 heterocycles. The normalized spacial score (nSPS) is 16.8. The third kappa shape index (κ3) is 7.31. The van der Waals surface area contributed by atoms with E-state index in [9.17, 15) is 0 Å². The molecule has 0 unspecified atom stereocenters. The first-order chi connectivity index (χ1) is 30.1. The van der Waals surface area contributed by atoms with Gasteiger partial charge in [-0.05, 0) is 89.5 Å². The van der Waals surface area contributed by atoms with Crippen LogP contribution < -0.4 is 0 Å². The van der Waals surface area contributed by atoms with Crippen LogP contribution in [0.1, 0.15) is 37.7 Å². The van der Waals surface area contributed by atoms with Crippen molar-refractivity contribution in [1.29, 1.82) is 0 Å². The summed E-state index contributed by atoms with van der Waals surface area (Å²) in [4.78, 5) is 30.4. The van der Waals surface area contributed by atoms with Crippen molar-refractivity contribution in [3.63, 3.8) is 0 Å². The maximum atomic E-state index is 5.13. The molecule has 2 aliphatic rings. The highest BCUT2D eigenvalue weighted by Gasteiger charge is 2.45. The van der Waals surface area contributed by atoms with Crippen LogP contribution in [0.15, 0.2) is 188 Å². The van der Waals surface area contributed by atoms with Crippen molar-refractivity contribution >= 4 is 0 Å². The topological polar surface area (TPSA) is 77.3 Å². The fourth-order valence-corrected chi connectivity index (χ4v) is 9.42. The number of hydrogen-bond donors (Lipinski definition) is 0. The summed E-state index contributed by atoms with van der Waals surface area (Å²) in [7, 11) is 0. The first kappa shape index (κ1) is 36.6. The lowest BCUT2D eigenvalue weighted by molar-refractivity contribution is 0.419. The number of nitrogens with zero attached hydrogens (tertiary/aromatic N) is 6. The second-order valence-corrected chi connectivity index (χ2v) is 16.5. The number of rotatable bonds is 9. The summed E-state index contributed by atoms with van der Waals surface area (Å²) in [6.45, 7) is 0. The van der Waals surface area contributed by atoms with Gasteiger partial charge in [0.2, 0.25) is 0 Å². The van der Waals surface area contributed by atoms with Crippen LogP contribution in [0.2, 0.25) is 0 Å². The molecule has 0 radical (unpaired) electrons. The lowest BCUT2D eigenvalue weighted by atomic mass is 9.77. The van der Waals surface area contributed by atoms with Crippen molar-refractivity contribution in [1.82, 2.24) is 29.9 Å². The Balaban J connectivity index is 0.962. The van der Waals surface area contributed by atoms with E-state index in [-0.39, 0.29) is 0 Å². The molecule has 2 aliphatic carbocycles. The molecule has 6 nitrogen and oxygen atoms in total. The Kier molecular flexibility index (Phi) is 9.38. The van der Waals surface area contributed by atoms with Crippen molar-refractivity contribution in [3.8, 4) is 90.6 Å². The maximum Gasteiger partial charge on any atom is 0.164 e. The summed E-state index contributed by atoms with van der Waals surface area (Å²) in [5.74, 6) is 4.70. The predicted molar refractivity (Wildman–Crippen MR) is 245 cm³/mol. The van der Waals surface area contributed by atoms with Gasteiger partial charge in [0.05, 0.1) is 0 Å². The molecule has 2 saturated carbocycles. The zero-order valence-electron chi connectivity index (χ0n) is 33.7. The van der Waals surface area contributed by atoms with Gasteiger partial charge in [0.1, 0.15) is 0 Å². The van der Waals surface area contributed by atoms with E-state index in [0.717, 1.165) is 61.6 Å². The molecule has 292 valence electrons. The molecule has 0 spiro atoms. The van der Waals surface area contributed by atoms with E-state index in [1.807, 2.05) is 54.6 Å². The highest BCUT2D eigenvalue weighted by Crippen LogP contribution is 2.55. The molecule has 2 bridgehead atoms. The molecule has 2 aromatic heterocycles. The second kappa shape index (κ2) is 15.6. The molecule has 7 aromatic carbocycles. The van der Waals surface area contributed by atoms with Crippen molar-refractivity contribution in [2.24, 2.45) is 5.92 Å². The van der Waals surface area contributed by atoms with Crippen LogP contribution in [0, 0.1) is 5.92 Å². The van der Waals surface area contributed by atoms with Crippen molar-refractivity contribution < 1.29 is 0 Å². The summed E-state index contributed by atoms with van der Waals surface area (Å²) < 4.78 is 0. The SMILES string of the molecule is c1ccc(-c2cccc(-c3nc(-c4ccccc4)nc(-c4cccc(-c5cccc(-c6nc(-c7ccccc7)nc(-c7ccc(C89CCC(CC8)C9)cc7)n6)c5)c4)n3)c2)cc1. The predicted octanol–water partition coefficient (Wildman–Crippen LogP) is 13.2. The molecule has 2 fully saturated rings. The third-order valence-electron chi connectivity index (χ3n) is 12.6. The van der Waals surface area contributed by atoms with Gasteiger partial charge in [0.25, 0.3) is 0 Å². The van der Waals surface area contributed by atoms with Crippen molar-refractivity contribution in [2.75, 3.05) is 0 Å². The molecule has 0 aliphatic heterocycles. The molecule has 61 heavy (non-hydrogen) atoms. The molecule has 9 aromatic rings. The van der Waals surface area contributed by atoms with Gasteiger partial charge in [-0.15, -0.1) is 0 Å². The van der Waals surface area contributed by atoms with Gasteiger partial charge >= 0.3 is 0 Å². The van der Waals surface area contributed by atoms with Crippen LogP contribution in [-0.4, -0.2) is 29.9 Å². The highest BCUT2D eigenvalue weighted by molar-refractivity contribution is 5.77. The molecule has 0 amide bonds. The lowest BCUT2D eigenvalue weighted by Crippen LogP contribution is -2.19. The van der Waals surface area contributed by atoms with Crippen LogP contribution in [-0.2, 0) is 5.41 Å². The van der Waals surface area contributed by atoms with E-state index < -0.39 is 0 Å². The zero-order valence-corrected chi connectivity index (χ0v) is 33.7. The highest BCUT2D eigenvalue weighted by atomic mass is 15.0. The van der Waals surface area contributed by atoms with E-state index in [4.69, 9.17) is 29.9 Å². The van der Waals surface area contributed by atoms with Crippen molar-refractivity contribution in [2.45, 2.75) is 37.5 Å². The Morgan fingerprint density at radius 2 is 0.607 bits per heavy atom. The van der Waals surface area contributed by atoms with E-state index in [0.29, 0.717) is 40.4 Å². The first-order valence-corrected chi connectivity index (χ1v) is 21.2. The van der Waals surface area contributed by atoms with Gasteiger partial charge in [-0.1, -0.05) is 170 Å². The van der Waals surface area contributed by atoms with Crippen LogP contribution >= 0.6 is 0 Å². The largest absolute Gasteiger partial charge is 0.208 e. The minimum absolute atomic E-state index is 0.352. The summed E-state index contributed by atoms with van der Waals surface area (Å²) in [6.07, 6.45) is 6.66. The van der Waals surface area contributed by atoms with E-state index in [1.54, 1.807) is 0 Å². The Morgan fingerprint density at radius 1 is 0.295 bits per heavy atom. The Bertz CT molecular complexity index is 3000. The van der Waals surface area contributed by atoms with Gasteiger partial charge in [-0.25, -0.2) is 29.9 Å². The summed E-state index contributed by atoms with van der Waals surface area (Å²) in [5.41, 5.74) is 11.7. The van der Waals surface area contributed by atoms with Crippen LogP contribution in [0.4, 0.5) is 0 Å². The molecule has 0 atom stereocenters. The zero-order chi connectivity index (χ0) is 40.6. The Hall–Kier alpha value is -7.44. The Morgan fingerprint density at radius 3 is 0.984 bits per heavy atom. The minimum atomic E-state index is 0.352. The number of fused-ring (bicyclic) bond motifs is 2. The third-order valence-corrected chi connectivity index (χ3v) is 12.6. The Labute approximate surface area is 356 Å². The quantitative estimate of drug-likeness (QED) is 0.145. The smallest absolute Gasteiger partial charge is 0.164 e. The van der Waals surface area contributed by atoms with Gasteiger partial charge < -0.3 is 0 Å². The molecular formula is C55H42N6. The summed E-state index contributed by atoms with van der Waals surface area (Å²) >= 11 is 0. The average molecular weight is 787 g/mol. The van der Waals surface area contributed by atoms with Gasteiger partial charge in [-0.3, -0.25) is 0 Å². The number of aromatic nitrogens is 6. The summed E-state index contributed by atoms with van der Waals surface area (Å²) in [5, 5.41) is 0. The van der Waals surface area contributed by atoms with E-state index in [1.165, 1.54) is 37.7 Å².